The molecule has 0 amide bonds. The van der Waals surface area contributed by atoms with E-state index in [1.807, 2.05) is 19.9 Å². The van der Waals surface area contributed by atoms with Crippen LogP contribution < -0.4 is 0 Å². The summed E-state index contributed by atoms with van der Waals surface area (Å²) in [5, 5.41) is 0. The minimum Gasteiger partial charge on any atom is -0.290 e. The van der Waals surface area contributed by atoms with Gasteiger partial charge in [-0.2, -0.15) is 0 Å². The minimum atomic E-state index is 0.166. The van der Waals surface area contributed by atoms with Crippen LogP contribution in [-0.4, -0.2) is 5.78 Å². The van der Waals surface area contributed by atoms with Gasteiger partial charge in [0.25, 0.3) is 0 Å². The summed E-state index contributed by atoms with van der Waals surface area (Å²) in [6, 6.07) is 0. The highest BCUT2D eigenvalue weighted by atomic mass is 16.1. The zero-order valence-corrected chi connectivity index (χ0v) is 7.63. The van der Waals surface area contributed by atoms with Gasteiger partial charge in [-0.05, 0) is 38.3 Å². The Morgan fingerprint density at radius 2 is 2.33 bits per heavy atom. The Morgan fingerprint density at radius 1 is 1.58 bits per heavy atom. The fourth-order valence-electron chi connectivity index (χ4n) is 1.36. The van der Waals surface area contributed by atoms with Crippen molar-refractivity contribution in [3.05, 3.63) is 35.5 Å². The van der Waals surface area contributed by atoms with E-state index in [-0.39, 0.29) is 5.78 Å². The third-order valence-corrected chi connectivity index (χ3v) is 2.02. The molecule has 1 aliphatic carbocycles. The smallest absolute Gasteiger partial charge is 0.181 e. The molecule has 1 aliphatic rings. The molecule has 0 saturated heterocycles. The van der Waals surface area contributed by atoms with Crippen molar-refractivity contribution in [2.75, 3.05) is 0 Å². The molecule has 0 spiro atoms. The first-order chi connectivity index (χ1) is 5.75. The van der Waals surface area contributed by atoms with E-state index < -0.39 is 0 Å². The van der Waals surface area contributed by atoms with Gasteiger partial charge in [-0.3, -0.25) is 4.79 Å². The monoisotopic (exact) mass is 162 g/mol. The molecule has 0 fully saturated rings. The Hall–Kier alpha value is -1.11. The summed E-state index contributed by atoms with van der Waals surface area (Å²) in [6.07, 6.45) is 9.46. The molecule has 0 unspecified atom stereocenters. The van der Waals surface area contributed by atoms with E-state index in [9.17, 15) is 4.79 Å². The molecule has 0 bridgehead atoms. The summed E-state index contributed by atoms with van der Waals surface area (Å²) in [4.78, 5) is 11.4. The third kappa shape index (κ3) is 1.94. The van der Waals surface area contributed by atoms with Crippen molar-refractivity contribution < 1.29 is 4.79 Å². The van der Waals surface area contributed by atoms with E-state index in [1.165, 1.54) is 0 Å². The Balaban J connectivity index is 2.85. The molecule has 1 nitrogen and oxygen atoms in total. The molecule has 0 heterocycles. The molecule has 64 valence electrons. The van der Waals surface area contributed by atoms with Crippen molar-refractivity contribution in [2.24, 2.45) is 0 Å². The molecule has 1 rings (SSSR count). The molecule has 0 saturated carbocycles. The number of ketones is 1. The summed E-state index contributed by atoms with van der Waals surface area (Å²) >= 11 is 0. The van der Waals surface area contributed by atoms with Gasteiger partial charge < -0.3 is 0 Å². The van der Waals surface area contributed by atoms with Gasteiger partial charge in [-0.25, -0.2) is 0 Å². The molecule has 0 aromatic carbocycles. The molecule has 0 N–H and O–H groups in total. The second-order valence-corrected chi connectivity index (χ2v) is 2.97. The normalized spacial score (nSPS) is 17.5. The average Bonchev–Trinajstić information content (AvgIpc) is 2.05. The fourth-order valence-corrected chi connectivity index (χ4v) is 1.36. The molecule has 0 radical (unpaired) electrons. The molecule has 12 heavy (non-hydrogen) atoms. The number of hydrogen-bond donors (Lipinski definition) is 0. The molecular weight excluding hydrogens is 148 g/mol. The second kappa shape index (κ2) is 4.05. The van der Waals surface area contributed by atoms with Crippen LogP contribution in [0.15, 0.2) is 35.5 Å². The molecule has 1 heteroatoms. The standard InChI is InChI=1S/C11H14O/c1-3-6-11(12)10-8-5-4-7-9(10)2/h3-4,6-7H,5,8H2,1-2H3. The van der Waals surface area contributed by atoms with Crippen molar-refractivity contribution in [3.63, 3.8) is 0 Å². The van der Waals surface area contributed by atoms with Crippen LogP contribution in [0.5, 0.6) is 0 Å². The quantitative estimate of drug-likeness (QED) is 0.570. The first-order valence-electron chi connectivity index (χ1n) is 4.29. The van der Waals surface area contributed by atoms with Gasteiger partial charge in [0.15, 0.2) is 5.78 Å². The van der Waals surface area contributed by atoms with Crippen LogP contribution in [0.25, 0.3) is 0 Å². The predicted molar refractivity (Wildman–Crippen MR) is 50.9 cm³/mol. The van der Waals surface area contributed by atoms with Gasteiger partial charge >= 0.3 is 0 Å². The van der Waals surface area contributed by atoms with E-state index in [1.54, 1.807) is 12.2 Å². The SMILES string of the molecule is CC=CC(=O)C1=C(C)C=CCC1. The van der Waals surface area contributed by atoms with E-state index in [4.69, 9.17) is 0 Å². The van der Waals surface area contributed by atoms with Gasteiger partial charge in [0.1, 0.15) is 0 Å². The van der Waals surface area contributed by atoms with Crippen molar-refractivity contribution in [1.82, 2.24) is 0 Å². The van der Waals surface area contributed by atoms with Crippen LogP contribution in [0.2, 0.25) is 0 Å². The highest BCUT2D eigenvalue weighted by Gasteiger charge is 2.10. The Bertz CT molecular complexity index is 267. The van der Waals surface area contributed by atoms with Crippen LogP contribution in [0.4, 0.5) is 0 Å². The number of carbonyl (C=O) groups is 1. The van der Waals surface area contributed by atoms with Gasteiger partial charge in [0, 0.05) is 5.57 Å². The van der Waals surface area contributed by atoms with Gasteiger partial charge in [-0.1, -0.05) is 18.2 Å². The van der Waals surface area contributed by atoms with Gasteiger partial charge in [-0.15, -0.1) is 0 Å². The van der Waals surface area contributed by atoms with Crippen LogP contribution in [-0.2, 0) is 4.79 Å². The van der Waals surface area contributed by atoms with Gasteiger partial charge in [0.2, 0.25) is 0 Å². The van der Waals surface area contributed by atoms with E-state index in [2.05, 4.69) is 6.08 Å². The summed E-state index contributed by atoms with van der Waals surface area (Å²) in [5.74, 6) is 0.166. The molecule has 0 aliphatic heterocycles. The molecule has 0 aromatic rings. The Labute approximate surface area is 73.5 Å². The van der Waals surface area contributed by atoms with Crippen molar-refractivity contribution in [1.29, 1.82) is 0 Å². The third-order valence-electron chi connectivity index (χ3n) is 2.02. The van der Waals surface area contributed by atoms with E-state index in [0.29, 0.717) is 0 Å². The van der Waals surface area contributed by atoms with E-state index in [0.717, 1.165) is 24.0 Å². The zero-order chi connectivity index (χ0) is 8.97. The first kappa shape index (κ1) is 8.98. The summed E-state index contributed by atoms with van der Waals surface area (Å²) in [5.41, 5.74) is 2.08. The van der Waals surface area contributed by atoms with Crippen LogP contribution >= 0.6 is 0 Å². The van der Waals surface area contributed by atoms with Crippen LogP contribution in [0.1, 0.15) is 26.7 Å². The highest BCUT2D eigenvalue weighted by Crippen LogP contribution is 2.19. The van der Waals surface area contributed by atoms with Crippen molar-refractivity contribution in [3.8, 4) is 0 Å². The fraction of sp³-hybridized carbons (Fsp3) is 0.364. The first-order valence-corrected chi connectivity index (χ1v) is 4.29. The summed E-state index contributed by atoms with van der Waals surface area (Å²) in [6.45, 7) is 3.86. The van der Waals surface area contributed by atoms with Crippen LogP contribution in [0.3, 0.4) is 0 Å². The molecule has 0 atom stereocenters. The van der Waals surface area contributed by atoms with Crippen LogP contribution in [0, 0.1) is 0 Å². The van der Waals surface area contributed by atoms with Crippen molar-refractivity contribution in [2.45, 2.75) is 26.7 Å². The Kier molecular flexibility index (Phi) is 3.03. The topological polar surface area (TPSA) is 17.1 Å². The Morgan fingerprint density at radius 3 is 2.92 bits per heavy atom. The number of allylic oxidation sites excluding steroid dienone is 6. The number of carbonyl (C=O) groups excluding carboxylic acids is 1. The lowest BCUT2D eigenvalue weighted by Crippen LogP contribution is -2.03. The lowest BCUT2D eigenvalue weighted by molar-refractivity contribution is -0.111. The molecular formula is C11H14O. The number of hydrogen-bond acceptors (Lipinski definition) is 1. The largest absolute Gasteiger partial charge is 0.290 e. The zero-order valence-electron chi connectivity index (χ0n) is 7.63. The molecule has 0 aromatic heterocycles. The lowest BCUT2D eigenvalue weighted by atomic mass is 9.95. The second-order valence-electron chi connectivity index (χ2n) is 2.97. The van der Waals surface area contributed by atoms with E-state index >= 15 is 0 Å². The maximum atomic E-state index is 11.4. The van der Waals surface area contributed by atoms with Crippen molar-refractivity contribution >= 4 is 5.78 Å². The summed E-state index contributed by atoms with van der Waals surface area (Å²) in [7, 11) is 0. The highest BCUT2D eigenvalue weighted by molar-refractivity contribution is 6.04. The minimum absolute atomic E-state index is 0.166. The lowest BCUT2D eigenvalue weighted by Gasteiger charge is -2.09. The number of rotatable bonds is 2. The maximum absolute atomic E-state index is 11.4. The maximum Gasteiger partial charge on any atom is 0.181 e. The summed E-state index contributed by atoms with van der Waals surface area (Å²) < 4.78 is 0. The van der Waals surface area contributed by atoms with Gasteiger partial charge in [0.05, 0.1) is 0 Å². The predicted octanol–water partition coefficient (Wildman–Crippen LogP) is 2.80. The average molecular weight is 162 g/mol.